The summed E-state index contributed by atoms with van der Waals surface area (Å²) in [5.41, 5.74) is 3.95. The zero-order valence-corrected chi connectivity index (χ0v) is 14.3. The normalized spacial score (nSPS) is 13.2. The van der Waals surface area contributed by atoms with Crippen LogP contribution < -0.4 is 11.1 Å². The summed E-state index contributed by atoms with van der Waals surface area (Å²) in [6.45, 7) is 10.2. The minimum Gasteiger partial charge on any atom is -0.460 e. The first-order chi connectivity index (χ1) is 9.84. The molecule has 128 valence electrons. The number of esters is 2. The average Bonchev–Trinajstić information content (AvgIpc) is 2.29. The molecule has 1 amide bonds. The Labute approximate surface area is 131 Å². The SMILES string of the molecule is CC(C)(C)OC(=O)CCC(NC(=O)CN)C(=O)OC(C)(C)C. The van der Waals surface area contributed by atoms with E-state index >= 15 is 0 Å². The maximum atomic E-state index is 12.1. The minimum absolute atomic E-state index is 0.00791. The van der Waals surface area contributed by atoms with E-state index in [4.69, 9.17) is 15.2 Å². The van der Waals surface area contributed by atoms with Crippen LogP contribution in [0.4, 0.5) is 0 Å². The van der Waals surface area contributed by atoms with E-state index in [1.54, 1.807) is 41.5 Å². The molecule has 0 aromatic heterocycles. The number of rotatable bonds is 6. The Morgan fingerprint density at radius 3 is 1.91 bits per heavy atom. The van der Waals surface area contributed by atoms with Crippen molar-refractivity contribution < 1.29 is 23.9 Å². The smallest absolute Gasteiger partial charge is 0.329 e. The van der Waals surface area contributed by atoms with Crippen LogP contribution in [0.2, 0.25) is 0 Å². The van der Waals surface area contributed by atoms with Gasteiger partial charge in [0.15, 0.2) is 0 Å². The van der Waals surface area contributed by atoms with Gasteiger partial charge >= 0.3 is 11.9 Å². The molecule has 0 heterocycles. The van der Waals surface area contributed by atoms with Gasteiger partial charge in [-0.25, -0.2) is 4.79 Å². The Balaban J connectivity index is 4.70. The first kappa shape index (κ1) is 20.4. The van der Waals surface area contributed by atoms with Crippen molar-refractivity contribution in [2.24, 2.45) is 5.73 Å². The molecule has 0 bridgehead atoms. The van der Waals surface area contributed by atoms with Crippen LogP contribution in [0.15, 0.2) is 0 Å². The van der Waals surface area contributed by atoms with Gasteiger partial charge in [-0.05, 0) is 48.0 Å². The number of hydrogen-bond acceptors (Lipinski definition) is 6. The lowest BCUT2D eigenvalue weighted by molar-refractivity contribution is -0.160. The molecule has 1 atom stereocenters. The predicted molar refractivity (Wildman–Crippen MR) is 81.9 cm³/mol. The monoisotopic (exact) mass is 316 g/mol. The Morgan fingerprint density at radius 2 is 1.50 bits per heavy atom. The molecule has 0 rings (SSSR count). The Hall–Kier alpha value is -1.63. The molecule has 7 heteroatoms. The van der Waals surface area contributed by atoms with Crippen LogP contribution >= 0.6 is 0 Å². The number of carbonyl (C=O) groups excluding carboxylic acids is 3. The molecule has 0 spiro atoms. The van der Waals surface area contributed by atoms with E-state index in [2.05, 4.69) is 5.32 Å². The van der Waals surface area contributed by atoms with E-state index in [0.717, 1.165) is 0 Å². The van der Waals surface area contributed by atoms with Crippen molar-refractivity contribution in [2.75, 3.05) is 6.54 Å². The van der Waals surface area contributed by atoms with Crippen LogP contribution in [0.1, 0.15) is 54.4 Å². The first-order valence-corrected chi connectivity index (χ1v) is 7.28. The second-order valence-electron chi connectivity index (χ2n) is 6.98. The lowest BCUT2D eigenvalue weighted by Crippen LogP contribution is -2.46. The molecule has 3 N–H and O–H groups in total. The first-order valence-electron chi connectivity index (χ1n) is 7.28. The highest BCUT2D eigenvalue weighted by molar-refractivity contribution is 5.86. The molecule has 0 radical (unpaired) electrons. The second-order valence-corrected chi connectivity index (χ2v) is 6.98. The second kappa shape index (κ2) is 8.12. The van der Waals surface area contributed by atoms with Crippen molar-refractivity contribution >= 4 is 17.8 Å². The van der Waals surface area contributed by atoms with Crippen molar-refractivity contribution in [3.05, 3.63) is 0 Å². The van der Waals surface area contributed by atoms with Crippen molar-refractivity contribution in [3.8, 4) is 0 Å². The molecule has 7 nitrogen and oxygen atoms in total. The van der Waals surface area contributed by atoms with E-state index in [0.29, 0.717) is 0 Å². The number of nitrogens with two attached hydrogens (primary N) is 1. The number of hydrogen-bond donors (Lipinski definition) is 2. The third-order valence-electron chi connectivity index (χ3n) is 2.27. The van der Waals surface area contributed by atoms with Gasteiger partial charge in [-0.3, -0.25) is 9.59 Å². The standard InChI is InChI=1S/C15H28N2O5/c1-14(2,3)21-12(19)8-7-10(17-11(18)9-16)13(20)22-15(4,5)6/h10H,7-9,16H2,1-6H3,(H,17,18). The van der Waals surface area contributed by atoms with Gasteiger partial charge in [0.1, 0.15) is 17.2 Å². The molecule has 0 aromatic carbocycles. The van der Waals surface area contributed by atoms with E-state index in [1.165, 1.54) is 0 Å². The highest BCUT2D eigenvalue weighted by Gasteiger charge is 2.27. The third kappa shape index (κ3) is 10.1. The Bertz CT molecular complexity index is 407. The maximum Gasteiger partial charge on any atom is 0.329 e. The highest BCUT2D eigenvalue weighted by Crippen LogP contribution is 2.13. The lowest BCUT2D eigenvalue weighted by atomic mass is 10.1. The fourth-order valence-corrected chi connectivity index (χ4v) is 1.53. The van der Waals surface area contributed by atoms with Crippen LogP contribution in [0.3, 0.4) is 0 Å². The van der Waals surface area contributed by atoms with Gasteiger partial charge in [-0.2, -0.15) is 0 Å². The minimum atomic E-state index is -0.928. The summed E-state index contributed by atoms with van der Waals surface area (Å²) >= 11 is 0. The van der Waals surface area contributed by atoms with Gasteiger partial charge in [0, 0.05) is 6.42 Å². The van der Waals surface area contributed by atoms with Gasteiger partial charge in [0.2, 0.25) is 5.91 Å². The van der Waals surface area contributed by atoms with E-state index in [9.17, 15) is 14.4 Å². The highest BCUT2D eigenvalue weighted by atomic mass is 16.6. The molecule has 0 aliphatic carbocycles. The van der Waals surface area contributed by atoms with E-state index in [1.807, 2.05) is 0 Å². The van der Waals surface area contributed by atoms with Crippen molar-refractivity contribution in [3.63, 3.8) is 0 Å². The number of amides is 1. The zero-order valence-electron chi connectivity index (χ0n) is 14.3. The summed E-state index contributed by atoms with van der Waals surface area (Å²) in [5, 5.41) is 2.46. The average molecular weight is 316 g/mol. The largest absolute Gasteiger partial charge is 0.460 e. The molecule has 1 unspecified atom stereocenters. The summed E-state index contributed by atoms with van der Waals surface area (Å²) in [5.74, 6) is -1.53. The van der Waals surface area contributed by atoms with E-state index in [-0.39, 0.29) is 19.4 Å². The topological polar surface area (TPSA) is 108 Å². The third-order valence-corrected chi connectivity index (χ3v) is 2.27. The summed E-state index contributed by atoms with van der Waals surface area (Å²) in [4.78, 5) is 35.2. The molecular formula is C15H28N2O5. The molecule has 22 heavy (non-hydrogen) atoms. The van der Waals surface area contributed by atoms with Gasteiger partial charge in [0.05, 0.1) is 6.54 Å². The molecule has 0 aliphatic heterocycles. The molecule has 0 fully saturated rings. The van der Waals surface area contributed by atoms with Crippen molar-refractivity contribution in [1.82, 2.24) is 5.32 Å². The Kier molecular flexibility index (Phi) is 7.52. The van der Waals surface area contributed by atoms with Crippen molar-refractivity contribution in [1.29, 1.82) is 0 Å². The quantitative estimate of drug-likeness (QED) is 0.705. The van der Waals surface area contributed by atoms with Crippen LogP contribution in [0.25, 0.3) is 0 Å². The maximum absolute atomic E-state index is 12.1. The van der Waals surface area contributed by atoms with Gasteiger partial charge in [0.25, 0.3) is 0 Å². The number of ether oxygens (including phenoxy) is 2. The Morgan fingerprint density at radius 1 is 1.00 bits per heavy atom. The summed E-state index contributed by atoms with van der Waals surface area (Å²) < 4.78 is 10.4. The van der Waals surface area contributed by atoms with Gasteiger partial charge < -0.3 is 20.5 Å². The summed E-state index contributed by atoms with van der Waals surface area (Å²) in [6.07, 6.45) is 0.0849. The van der Waals surface area contributed by atoms with Crippen LogP contribution in [0, 0.1) is 0 Å². The fourth-order valence-electron chi connectivity index (χ4n) is 1.53. The molecule has 0 saturated heterocycles. The molecule has 0 aliphatic rings. The molecule has 0 saturated carbocycles. The molecular weight excluding hydrogens is 288 g/mol. The summed E-state index contributed by atoms with van der Waals surface area (Å²) in [7, 11) is 0. The lowest BCUT2D eigenvalue weighted by Gasteiger charge is -2.25. The fraction of sp³-hybridized carbons (Fsp3) is 0.800. The number of nitrogens with one attached hydrogen (secondary N) is 1. The summed E-state index contributed by atoms with van der Waals surface area (Å²) in [6, 6.07) is -0.928. The van der Waals surface area contributed by atoms with Crippen LogP contribution in [0.5, 0.6) is 0 Å². The van der Waals surface area contributed by atoms with Crippen LogP contribution in [-0.2, 0) is 23.9 Å². The van der Waals surface area contributed by atoms with E-state index < -0.39 is 35.1 Å². The van der Waals surface area contributed by atoms with Gasteiger partial charge in [-0.15, -0.1) is 0 Å². The van der Waals surface area contributed by atoms with Crippen LogP contribution in [-0.4, -0.2) is 41.6 Å². The van der Waals surface area contributed by atoms with Crippen molar-refractivity contribution in [2.45, 2.75) is 71.6 Å². The predicted octanol–water partition coefficient (Wildman–Crippen LogP) is 0.894. The van der Waals surface area contributed by atoms with Gasteiger partial charge in [-0.1, -0.05) is 0 Å². The number of carbonyl (C=O) groups is 3. The zero-order chi connectivity index (χ0) is 17.6. The molecule has 0 aromatic rings.